The number of carbonyl (C=O) groups is 1. The molecule has 0 radical (unpaired) electrons. The summed E-state index contributed by atoms with van der Waals surface area (Å²) < 4.78 is 5.21. The number of nitrogens with zero attached hydrogens (tertiary/aromatic N) is 4. The van der Waals surface area contributed by atoms with Crippen LogP contribution < -0.4 is 15.4 Å². The number of likely N-dealkylation sites (tertiary alicyclic amines) is 1. The zero-order valence-corrected chi connectivity index (χ0v) is 18.6. The van der Waals surface area contributed by atoms with Crippen LogP contribution in [0.3, 0.4) is 0 Å². The molecule has 9 heteroatoms. The molecule has 2 aliphatic heterocycles. The highest BCUT2D eigenvalue weighted by Gasteiger charge is 2.20. The largest absolute Gasteiger partial charge is 0.497 e. The minimum absolute atomic E-state index is 0.234. The summed E-state index contributed by atoms with van der Waals surface area (Å²) >= 11 is 1.46. The summed E-state index contributed by atoms with van der Waals surface area (Å²) in [5.74, 6) is 1.49. The van der Waals surface area contributed by atoms with Gasteiger partial charge in [-0.3, -0.25) is 4.79 Å². The lowest BCUT2D eigenvalue weighted by atomic mass is 10.1. The molecule has 164 valence electrons. The maximum absolute atomic E-state index is 11.7. The van der Waals surface area contributed by atoms with Gasteiger partial charge in [0.15, 0.2) is 0 Å². The fourth-order valence-corrected chi connectivity index (χ4v) is 4.42. The minimum atomic E-state index is 0.234. The van der Waals surface area contributed by atoms with Crippen molar-refractivity contribution in [2.24, 2.45) is 0 Å². The van der Waals surface area contributed by atoms with Gasteiger partial charge in [-0.05, 0) is 48.7 Å². The van der Waals surface area contributed by atoms with Gasteiger partial charge in [0.05, 0.1) is 23.5 Å². The third kappa shape index (κ3) is 5.03. The van der Waals surface area contributed by atoms with E-state index < -0.39 is 0 Å². The van der Waals surface area contributed by atoms with E-state index in [1.807, 2.05) is 34.6 Å². The van der Waals surface area contributed by atoms with Gasteiger partial charge in [0.2, 0.25) is 11.9 Å². The maximum atomic E-state index is 11.7. The molecule has 4 rings (SSSR count). The molecule has 1 aromatic carbocycles. The van der Waals surface area contributed by atoms with E-state index in [0.29, 0.717) is 30.2 Å². The van der Waals surface area contributed by atoms with E-state index in [4.69, 9.17) is 4.74 Å². The number of aromatic nitrogens is 2. The quantitative estimate of drug-likeness (QED) is 0.468. The molecule has 0 aliphatic carbocycles. The highest BCUT2D eigenvalue weighted by Crippen LogP contribution is 2.35. The minimum Gasteiger partial charge on any atom is -0.497 e. The fraction of sp³-hybridized carbons (Fsp3) is 0.304. The maximum Gasteiger partial charge on any atom is 0.223 e. The summed E-state index contributed by atoms with van der Waals surface area (Å²) in [6.45, 7) is 2.24. The molecule has 1 fully saturated rings. The van der Waals surface area contributed by atoms with Crippen molar-refractivity contribution in [1.82, 2.24) is 20.2 Å². The summed E-state index contributed by atoms with van der Waals surface area (Å²) in [6.07, 6.45) is 4.07. The second-order valence-corrected chi connectivity index (χ2v) is 8.23. The molecule has 1 amide bonds. The first-order valence-electron chi connectivity index (χ1n) is 10.5. The van der Waals surface area contributed by atoms with Crippen molar-refractivity contribution < 1.29 is 9.53 Å². The summed E-state index contributed by atoms with van der Waals surface area (Å²) in [5.41, 5.74) is 2.94. The third-order valence-electron chi connectivity index (χ3n) is 5.25. The first kappa shape index (κ1) is 21.7. The summed E-state index contributed by atoms with van der Waals surface area (Å²) in [4.78, 5) is 22.4. The third-order valence-corrected chi connectivity index (χ3v) is 6.15. The normalized spacial score (nSPS) is 16.9. The predicted molar refractivity (Wildman–Crippen MR) is 125 cm³/mol. The van der Waals surface area contributed by atoms with E-state index in [1.165, 1.54) is 11.8 Å². The number of nitrogens with one attached hydrogen (secondary N) is 2. The van der Waals surface area contributed by atoms with E-state index in [2.05, 4.69) is 26.7 Å². The zero-order valence-electron chi connectivity index (χ0n) is 17.8. The SMILES string of the molecule is COc1ccc(C2=CSC(=C(C#N)c3ccnc(NCCCN4CCCC4=O)n3)N2)cc1. The van der Waals surface area contributed by atoms with Gasteiger partial charge < -0.3 is 20.3 Å². The standard InChI is InChI=1S/C23H24N6O2S/c1-31-17-7-5-16(6-8-17)20-15-32-22(27-20)18(14-24)19-9-11-26-23(28-19)25-10-3-13-29-12-2-4-21(29)30/h5-9,11,15,27H,2-4,10,12-13H2,1H3,(H,25,26,28). The van der Waals surface area contributed by atoms with Crippen molar-refractivity contribution in [3.63, 3.8) is 0 Å². The average molecular weight is 449 g/mol. The molecular weight excluding hydrogens is 424 g/mol. The summed E-state index contributed by atoms with van der Waals surface area (Å²) in [7, 11) is 1.64. The Morgan fingerprint density at radius 2 is 2.19 bits per heavy atom. The number of nitriles is 1. The number of ether oxygens (including phenoxy) is 1. The van der Waals surface area contributed by atoms with Crippen molar-refractivity contribution >= 4 is 34.9 Å². The van der Waals surface area contributed by atoms with Crippen molar-refractivity contribution in [2.45, 2.75) is 19.3 Å². The van der Waals surface area contributed by atoms with Crippen LogP contribution in [0.15, 0.2) is 47.0 Å². The monoisotopic (exact) mass is 448 g/mol. The molecule has 2 N–H and O–H groups in total. The topological polar surface area (TPSA) is 103 Å². The van der Waals surface area contributed by atoms with E-state index in [-0.39, 0.29) is 5.91 Å². The van der Waals surface area contributed by atoms with E-state index in [1.54, 1.807) is 19.4 Å². The Morgan fingerprint density at radius 1 is 1.34 bits per heavy atom. The molecule has 0 unspecified atom stereocenters. The van der Waals surface area contributed by atoms with E-state index >= 15 is 0 Å². The lowest BCUT2D eigenvalue weighted by Gasteiger charge is -2.15. The molecule has 0 spiro atoms. The van der Waals surface area contributed by atoms with Gasteiger partial charge in [-0.1, -0.05) is 11.8 Å². The Bertz CT molecular complexity index is 1090. The number of allylic oxidation sites excluding steroid dienone is 1. The Labute approximate surface area is 191 Å². The Hall–Kier alpha value is -3.51. The van der Waals surface area contributed by atoms with Gasteiger partial charge in [0, 0.05) is 37.7 Å². The first-order valence-corrected chi connectivity index (χ1v) is 11.3. The number of amides is 1. The van der Waals surface area contributed by atoms with Crippen LogP contribution in [0.2, 0.25) is 0 Å². The Morgan fingerprint density at radius 3 is 2.91 bits per heavy atom. The van der Waals surface area contributed by atoms with Crippen LogP contribution in [0.1, 0.15) is 30.5 Å². The second-order valence-electron chi connectivity index (χ2n) is 7.35. The molecule has 3 heterocycles. The molecule has 32 heavy (non-hydrogen) atoms. The number of benzene rings is 1. The van der Waals surface area contributed by atoms with Crippen LogP contribution in [0.5, 0.6) is 5.75 Å². The Balaban J connectivity index is 1.39. The van der Waals surface area contributed by atoms with Gasteiger partial charge in [-0.2, -0.15) is 5.26 Å². The number of methoxy groups -OCH3 is 1. The molecule has 8 nitrogen and oxygen atoms in total. The number of hydrogen-bond donors (Lipinski definition) is 2. The second kappa shape index (κ2) is 10.2. The van der Waals surface area contributed by atoms with E-state index in [0.717, 1.165) is 48.0 Å². The molecular formula is C23H24N6O2S. The predicted octanol–water partition coefficient (Wildman–Crippen LogP) is 3.44. The van der Waals surface area contributed by atoms with E-state index in [9.17, 15) is 10.1 Å². The van der Waals surface area contributed by atoms with Gasteiger partial charge in [-0.15, -0.1) is 0 Å². The lowest BCUT2D eigenvalue weighted by molar-refractivity contribution is -0.127. The number of rotatable bonds is 8. The van der Waals surface area contributed by atoms with Crippen molar-refractivity contribution in [3.05, 3.63) is 58.2 Å². The van der Waals surface area contributed by atoms with Crippen LogP contribution in [0, 0.1) is 11.3 Å². The van der Waals surface area contributed by atoms with Crippen molar-refractivity contribution in [1.29, 1.82) is 5.26 Å². The highest BCUT2D eigenvalue weighted by atomic mass is 32.2. The van der Waals surface area contributed by atoms with Crippen LogP contribution >= 0.6 is 11.8 Å². The van der Waals surface area contributed by atoms with Crippen molar-refractivity contribution in [2.75, 3.05) is 32.1 Å². The van der Waals surface area contributed by atoms with Gasteiger partial charge >= 0.3 is 0 Å². The molecule has 0 atom stereocenters. The zero-order chi connectivity index (χ0) is 22.3. The average Bonchev–Trinajstić information content (AvgIpc) is 3.47. The Kier molecular flexibility index (Phi) is 6.92. The number of carbonyl (C=O) groups excluding carboxylic acids is 1. The van der Waals surface area contributed by atoms with Crippen LogP contribution in [-0.2, 0) is 4.79 Å². The van der Waals surface area contributed by atoms with Crippen LogP contribution in [0.25, 0.3) is 11.3 Å². The molecule has 2 aliphatic rings. The van der Waals surface area contributed by atoms with Gasteiger partial charge in [0.1, 0.15) is 17.4 Å². The fourth-order valence-electron chi connectivity index (χ4n) is 3.55. The number of hydrogen-bond acceptors (Lipinski definition) is 8. The molecule has 1 aromatic heterocycles. The van der Waals surface area contributed by atoms with Crippen LogP contribution in [-0.4, -0.2) is 47.5 Å². The van der Waals surface area contributed by atoms with Gasteiger partial charge in [-0.25, -0.2) is 9.97 Å². The lowest BCUT2D eigenvalue weighted by Crippen LogP contribution is -2.27. The first-order chi connectivity index (χ1) is 15.7. The molecule has 0 saturated carbocycles. The van der Waals surface area contributed by atoms with Crippen molar-refractivity contribution in [3.8, 4) is 11.8 Å². The highest BCUT2D eigenvalue weighted by molar-refractivity contribution is 8.06. The molecule has 1 saturated heterocycles. The van der Waals surface area contributed by atoms with Crippen LogP contribution in [0.4, 0.5) is 5.95 Å². The summed E-state index contributed by atoms with van der Waals surface area (Å²) in [6, 6.07) is 11.7. The smallest absolute Gasteiger partial charge is 0.223 e. The number of anilines is 1. The molecule has 2 aromatic rings. The summed E-state index contributed by atoms with van der Waals surface area (Å²) in [5, 5.41) is 19.0. The number of thioether (sulfide) groups is 1. The molecule has 0 bridgehead atoms. The van der Waals surface area contributed by atoms with Gasteiger partial charge in [0.25, 0.3) is 0 Å².